The Kier molecular flexibility index (Phi) is 16.3. The van der Waals surface area contributed by atoms with E-state index >= 15 is 0 Å². The van der Waals surface area contributed by atoms with E-state index in [-0.39, 0.29) is 0 Å². The van der Waals surface area contributed by atoms with Crippen molar-refractivity contribution in [2.45, 2.75) is 100 Å². The average molecular weight is 683 g/mol. The predicted octanol–water partition coefficient (Wildman–Crippen LogP) is 9.07. The summed E-state index contributed by atoms with van der Waals surface area (Å²) in [7, 11) is 0. The van der Waals surface area contributed by atoms with Crippen LogP contribution in [0.5, 0.6) is 0 Å². The monoisotopic (exact) mass is 682 g/mol. The predicted molar refractivity (Wildman–Crippen MR) is 190 cm³/mol. The Morgan fingerprint density at radius 2 is 0.429 bits per heavy atom. The molecule has 0 heterocycles. The van der Waals surface area contributed by atoms with Crippen molar-refractivity contribution in [1.29, 1.82) is 0 Å². The van der Waals surface area contributed by atoms with Crippen molar-refractivity contribution in [2.75, 3.05) is 0 Å². The zero-order chi connectivity index (χ0) is 28.9. The summed E-state index contributed by atoms with van der Waals surface area (Å²) in [4.78, 5) is 0. The first-order valence-electron chi connectivity index (χ1n) is 16.7. The molecule has 0 saturated heterocycles. The zero-order valence-corrected chi connectivity index (χ0v) is 29.5. The number of hydrogen-bond donors (Lipinski definition) is 0. The molecular weight excluding hydrogens is 630 g/mol. The summed E-state index contributed by atoms with van der Waals surface area (Å²) < 4.78 is 6.44. The molecule has 4 aromatic rings. The van der Waals surface area contributed by atoms with Gasteiger partial charge in [0, 0.05) is 0 Å². The molecular formula is C40H52As2. The van der Waals surface area contributed by atoms with E-state index < -0.39 is 29.3 Å². The maximum absolute atomic E-state index is 2.36. The Hall–Kier alpha value is -2.00. The van der Waals surface area contributed by atoms with Gasteiger partial charge in [0.25, 0.3) is 0 Å². The summed E-state index contributed by atoms with van der Waals surface area (Å²) in [6.45, 7) is 0. The third-order valence-corrected chi connectivity index (χ3v) is 19.2. The fourth-order valence-corrected chi connectivity index (χ4v) is 16.1. The first kappa shape index (κ1) is 32.9. The molecule has 0 aromatic heterocycles. The van der Waals surface area contributed by atoms with Gasteiger partial charge in [-0.05, 0) is 0 Å². The number of hydrogen-bond acceptors (Lipinski definition) is 0. The quantitative estimate of drug-likeness (QED) is 0.0608. The Balaban J connectivity index is 0.975. The van der Waals surface area contributed by atoms with Crippen LogP contribution in [-0.2, 0) is 0 Å². The average Bonchev–Trinajstić information content (AvgIpc) is 3.06. The van der Waals surface area contributed by atoms with E-state index in [2.05, 4.69) is 121 Å². The molecule has 0 spiro atoms. The van der Waals surface area contributed by atoms with Crippen LogP contribution in [0.25, 0.3) is 0 Å². The van der Waals surface area contributed by atoms with Crippen LogP contribution < -0.4 is 17.4 Å². The number of benzene rings is 4. The van der Waals surface area contributed by atoms with Crippen molar-refractivity contribution in [3.8, 4) is 0 Å². The molecule has 0 saturated carbocycles. The van der Waals surface area contributed by atoms with Crippen molar-refractivity contribution < 1.29 is 0 Å². The molecule has 0 aliphatic rings. The summed E-state index contributed by atoms with van der Waals surface area (Å²) in [6, 6.07) is 45.3. The molecule has 0 N–H and O–H groups in total. The van der Waals surface area contributed by atoms with Gasteiger partial charge in [-0.1, -0.05) is 0 Å². The normalized spacial score (nSPS) is 11.4. The molecule has 0 atom stereocenters. The zero-order valence-electron chi connectivity index (χ0n) is 25.8. The third-order valence-electron chi connectivity index (χ3n) is 8.28. The molecule has 0 amide bonds. The summed E-state index contributed by atoms with van der Waals surface area (Å²) in [5, 5.41) is 2.81. The van der Waals surface area contributed by atoms with Crippen molar-refractivity contribution >= 4 is 46.7 Å². The summed E-state index contributed by atoms with van der Waals surface area (Å²) in [6.07, 6.45) is 20.0. The summed E-state index contributed by atoms with van der Waals surface area (Å²) >= 11 is -2.30. The van der Waals surface area contributed by atoms with E-state index in [9.17, 15) is 0 Å². The third kappa shape index (κ3) is 12.3. The van der Waals surface area contributed by atoms with E-state index in [1.807, 2.05) is 0 Å². The minimum atomic E-state index is -1.15. The molecule has 0 aliphatic heterocycles. The molecule has 4 rings (SSSR count). The van der Waals surface area contributed by atoms with E-state index in [4.69, 9.17) is 0 Å². The van der Waals surface area contributed by atoms with Crippen LogP contribution in [0.15, 0.2) is 121 Å². The maximum atomic E-state index is 2.36. The van der Waals surface area contributed by atoms with Crippen LogP contribution in [-0.4, -0.2) is 29.3 Å². The topological polar surface area (TPSA) is 0 Å². The van der Waals surface area contributed by atoms with Crippen molar-refractivity contribution in [3.05, 3.63) is 121 Å². The van der Waals surface area contributed by atoms with Gasteiger partial charge in [0.05, 0.1) is 0 Å². The van der Waals surface area contributed by atoms with E-state index in [0.717, 1.165) is 0 Å². The van der Waals surface area contributed by atoms with Crippen LogP contribution in [0.2, 0.25) is 10.4 Å². The van der Waals surface area contributed by atoms with Crippen LogP contribution in [0.4, 0.5) is 0 Å². The number of rotatable bonds is 21. The second kappa shape index (κ2) is 20.8. The van der Waals surface area contributed by atoms with Gasteiger partial charge in [-0.15, -0.1) is 0 Å². The molecule has 0 aliphatic carbocycles. The number of unbranched alkanes of at least 4 members (excludes halogenated alkanes) is 13. The first-order chi connectivity index (χ1) is 20.9. The molecule has 42 heavy (non-hydrogen) atoms. The Labute approximate surface area is 266 Å². The molecule has 0 radical (unpaired) electrons. The Bertz CT molecular complexity index is 1000. The minimum absolute atomic E-state index is 1.15. The van der Waals surface area contributed by atoms with Crippen molar-refractivity contribution in [2.24, 2.45) is 0 Å². The van der Waals surface area contributed by atoms with Crippen molar-refractivity contribution in [1.82, 2.24) is 0 Å². The van der Waals surface area contributed by atoms with Gasteiger partial charge in [-0.2, -0.15) is 0 Å². The SMILES string of the molecule is c1ccc([As](CCCCCCCCCCCCCCCC[As](c2ccccc2)c2ccccc2)c2ccccc2)cc1. The van der Waals surface area contributed by atoms with Crippen LogP contribution in [0.3, 0.4) is 0 Å². The molecule has 0 nitrogen and oxygen atoms in total. The van der Waals surface area contributed by atoms with E-state index in [0.29, 0.717) is 0 Å². The molecule has 222 valence electrons. The van der Waals surface area contributed by atoms with Gasteiger partial charge in [0.1, 0.15) is 0 Å². The van der Waals surface area contributed by atoms with Gasteiger partial charge >= 0.3 is 268 Å². The molecule has 0 unspecified atom stereocenters. The van der Waals surface area contributed by atoms with E-state index in [1.54, 1.807) is 17.4 Å². The molecule has 0 bridgehead atoms. The first-order valence-corrected chi connectivity index (χ1v) is 23.1. The van der Waals surface area contributed by atoms with Crippen molar-refractivity contribution in [3.63, 3.8) is 0 Å². The van der Waals surface area contributed by atoms with Gasteiger partial charge < -0.3 is 0 Å². The summed E-state index contributed by atoms with van der Waals surface area (Å²) in [5.41, 5.74) is 0. The van der Waals surface area contributed by atoms with Crippen LogP contribution in [0.1, 0.15) is 89.9 Å². The van der Waals surface area contributed by atoms with Crippen LogP contribution in [0, 0.1) is 0 Å². The molecule has 2 heteroatoms. The van der Waals surface area contributed by atoms with Gasteiger partial charge in [0.2, 0.25) is 0 Å². The van der Waals surface area contributed by atoms with Gasteiger partial charge in [-0.3, -0.25) is 0 Å². The van der Waals surface area contributed by atoms with Crippen LogP contribution >= 0.6 is 0 Å². The second-order valence-electron chi connectivity index (χ2n) is 11.6. The fraction of sp³-hybridized carbons (Fsp3) is 0.400. The standard InChI is InChI=1S/C40H52As2/c1(3-5-7-9-11-25-35-41(37-27-17-13-18-28-37)38-29-19-14-20-30-38)2-4-6-8-10-12-26-36-42(39-31-21-15-22-32-39)40-33-23-16-24-34-40/h13-24,27-34H,1-12,25-26,35-36H2. The van der Waals surface area contributed by atoms with E-state index in [1.165, 1.54) is 100 Å². The Morgan fingerprint density at radius 1 is 0.238 bits per heavy atom. The second-order valence-corrected chi connectivity index (χ2v) is 21.4. The van der Waals surface area contributed by atoms with Gasteiger partial charge in [0.15, 0.2) is 0 Å². The Morgan fingerprint density at radius 3 is 0.643 bits per heavy atom. The fourth-order valence-electron chi connectivity index (χ4n) is 5.91. The van der Waals surface area contributed by atoms with Gasteiger partial charge in [-0.25, -0.2) is 0 Å². The summed E-state index contributed by atoms with van der Waals surface area (Å²) in [5.74, 6) is 0. The molecule has 4 aromatic carbocycles. The molecule has 0 fully saturated rings.